The van der Waals surface area contributed by atoms with Crippen LogP contribution in [0.3, 0.4) is 0 Å². The first-order valence-corrected chi connectivity index (χ1v) is 11.5. The van der Waals surface area contributed by atoms with Gasteiger partial charge in [0.25, 0.3) is 5.91 Å². The lowest BCUT2D eigenvalue weighted by molar-refractivity contribution is -0.141. The number of rotatable bonds is 3. The van der Waals surface area contributed by atoms with Gasteiger partial charge in [-0.3, -0.25) is 9.48 Å². The summed E-state index contributed by atoms with van der Waals surface area (Å²) in [6, 6.07) is 9.52. The highest BCUT2D eigenvalue weighted by Crippen LogP contribution is 2.31. The van der Waals surface area contributed by atoms with Crippen molar-refractivity contribution in [3.8, 4) is 11.3 Å². The maximum Gasteiger partial charge on any atom is 0.434 e. The molecule has 3 aromatic rings. The van der Waals surface area contributed by atoms with E-state index in [4.69, 9.17) is 9.84 Å². The van der Waals surface area contributed by atoms with Crippen LogP contribution >= 0.6 is 0 Å². The molecule has 2 aliphatic rings. The number of anilines is 1. The zero-order valence-electron chi connectivity index (χ0n) is 19.2. The van der Waals surface area contributed by atoms with Gasteiger partial charge in [-0.15, -0.1) is 0 Å². The molecule has 2 aromatic heterocycles. The highest BCUT2D eigenvalue weighted by atomic mass is 19.4. The van der Waals surface area contributed by atoms with E-state index in [0.717, 1.165) is 23.7 Å². The summed E-state index contributed by atoms with van der Waals surface area (Å²) < 4.78 is 46.1. The van der Waals surface area contributed by atoms with E-state index in [1.807, 2.05) is 51.7 Å². The summed E-state index contributed by atoms with van der Waals surface area (Å²) in [5.41, 5.74) is 1.79. The summed E-state index contributed by atoms with van der Waals surface area (Å²) in [4.78, 5) is 25.1. The Bertz CT molecular complexity index is 1200. The quantitative estimate of drug-likeness (QED) is 0.563. The van der Waals surface area contributed by atoms with Crippen LogP contribution in [0.5, 0.6) is 0 Å². The maximum atomic E-state index is 13.9. The number of nitrogens with zero attached hydrogens (tertiary/aromatic N) is 6. The predicted molar refractivity (Wildman–Crippen MR) is 122 cm³/mol. The molecular weight excluding hydrogens is 461 g/mol. The van der Waals surface area contributed by atoms with Gasteiger partial charge in [0.1, 0.15) is 11.5 Å². The highest BCUT2D eigenvalue weighted by Gasteiger charge is 2.35. The molecule has 1 aromatic carbocycles. The van der Waals surface area contributed by atoms with Gasteiger partial charge in [0.2, 0.25) is 0 Å². The summed E-state index contributed by atoms with van der Waals surface area (Å²) in [6.07, 6.45) is -2.01. The number of fused-ring (bicyclic) bond motifs is 1. The minimum absolute atomic E-state index is 0.0846. The fourth-order valence-electron chi connectivity index (χ4n) is 4.54. The van der Waals surface area contributed by atoms with Crippen LogP contribution in [0.15, 0.2) is 42.7 Å². The summed E-state index contributed by atoms with van der Waals surface area (Å²) in [7, 11) is 0. The normalized spacial score (nSPS) is 18.8. The first-order valence-electron chi connectivity index (χ1n) is 11.5. The Kier molecular flexibility index (Phi) is 6.18. The Morgan fingerprint density at radius 2 is 1.86 bits per heavy atom. The lowest BCUT2D eigenvalue weighted by atomic mass is 10.0. The monoisotopic (exact) mass is 486 g/mol. The van der Waals surface area contributed by atoms with Crippen LogP contribution in [0, 0.1) is 0 Å². The van der Waals surface area contributed by atoms with E-state index < -0.39 is 11.9 Å². The third-order valence-corrected chi connectivity index (χ3v) is 6.48. The molecule has 0 N–H and O–H groups in total. The lowest BCUT2D eigenvalue weighted by Crippen LogP contribution is -2.40. The number of ether oxygens (including phenoxy) is 1. The van der Waals surface area contributed by atoms with E-state index in [9.17, 15) is 18.0 Å². The van der Waals surface area contributed by atoms with Crippen LogP contribution in [0.4, 0.5) is 19.0 Å². The molecule has 8 nitrogen and oxygen atoms in total. The summed E-state index contributed by atoms with van der Waals surface area (Å²) >= 11 is 0. The van der Waals surface area contributed by atoms with E-state index in [1.165, 1.54) is 0 Å². The molecule has 0 spiro atoms. The molecule has 2 aliphatic heterocycles. The second-order valence-corrected chi connectivity index (χ2v) is 8.69. The molecule has 1 saturated heterocycles. The van der Waals surface area contributed by atoms with Gasteiger partial charge in [-0.25, -0.2) is 9.97 Å². The number of halogens is 3. The van der Waals surface area contributed by atoms with E-state index in [1.54, 1.807) is 0 Å². The average molecular weight is 486 g/mol. The Hall–Kier alpha value is -3.47. The smallest absolute Gasteiger partial charge is 0.373 e. The highest BCUT2D eigenvalue weighted by molar-refractivity contribution is 6.01. The van der Waals surface area contributed by atoms with Gasteiger partial charge in [0, 0.05) is 31.2 Å². The molecular formula is C24H25F3N6O2. The fourth-order valence-corrected chi connectivity index (χ4v) is 4.54. The van der Waals surface area contributed by atoms with Crippen LogP contribution in [0.2, 0.25) is 0 Å². The molecule has 0 saturated carbocycles. The zero-order chi connectivity index (χ0) is 24.6. The van der Waals surface area contributed by atoms with Crippen LogP contribution in [0.25, 0.3) is 11.3 Å². The minimum atomic E-state index is -4.53. The van der Waals surface area contributed by atoms with Gasteiger partial charge in [-0.2, -0.15) is 18.3 Å². The number of hydrogen-bond donors (Lipinski definition) is 0. The molecule has 0 unspecified atom stereocenters. The summed E-state index contributed by atoms with van der Waals surface area (Å²) in [5, 5.41) is 4.74. The third-order valence-electron chi connectivity index (χ3n) is 6.48. The van der Waals surface area contributed by atoms with Gasteiger partial charge in [-0.05, 0) is 13.3 Å². The molecule has 1 atom stereocenters. The molecule has 5 rings (SSSR count). The third kappa shape index (κ3) is 4.60. The first kappa shape index (κ1) is 23.3. The molecule has 0 aliphatic carbocycles. The van der Waals surface area contributed by atoms with Gasteiger partial charge in [0.15, 0.2) is 5.69 Å². The summed E-state index contributed by atoms with van der Waals surface area (Å²) in [5.74, 6) is 0.240. The number of amides is 1. The first-order chi connectivity index (χ1) is 16.8. The second kappa shape index (κ2) is 9.29. The Morgan fingerprint density at radius 3 is 2.57 bits per heavy atom. The minimum Gasteiger partial charge on any atom is -0.373 e. The van der Waals surface area contributed by atoms with Crippen LogP contribution in [-0.4, -0.2) is 62.8 Å². The Morgan fingerprint density at radius 1 is 1.06 bits per heavy atom. The van der Waals surface area contributed by atoms with Crippen molar-refractivity contribution in [3.63, 3.8) is 0 Å². The number of carbonyl (C=O) groups is 1. The predicted octanol–water partition coefficient (Wildman–Crippen LogP) is 3.63. The Balaban J connectivity index is 1.41. The largest absolute Gasteiger partial charge is 0.434 e. The van der Waals surface area contributed by atoms with Crippen LogP contribution in [0.1, 0.15) is 35.1 Å². The van der Waals surface area contributed by atoms with E-state index in [0.29, 0.717) is 62.9 Å². The standard InChI is InChI=1S/C24H25F3N6O2/c1-16-7-8-31(20-14-28-19(13-29-20)24(25,26)27)9-10-32(16)23(34)21-18-15-35-12-11-33(18)30-22(21)17-5-3-2-4-6-17/h2-6,13-14,16H,7-12,15H2,1H3/t16-/m1/s1. The van der Waals surface area contributed by atoms with Crippen molar-refractivity contribution in [1.29, 1.82) is 0 Å². The van der Waals surface area contributed by atoms with Crippen molar-refractivity contribution in [2.75, 3.05) is 31.1 Å². The number of hydrogen-bond acceptors (Lipinski definition) is 6. The van der Waals surface area contributed by atoms with Crippen molar-refractivity contribution in [1.82, 2.24) is 24.6 Å². The molecule has 1 fully saturated rings. The topological polar surface area (TPSA) is 76.4 Å². The van der Waals surface area contributed by atoms with E-state index in [2.05, 4.69) is 9.97 Å². The van der Waals surface area contributed by atoms with Crippen LogP contribution in [-0.2, 0) is 24.1 Å². The molecule has 184 valence electrons. The Labute approximate surface area is 200 Å². The SMILES string of the molecule is C[C@@H]1CCN(c2cnc(C(F)(F)F)cn2)CCN1C(=O)c1c(-c2ccccc2)nn2c1COCC2. The van der Waals surface area contributed by atoms with E-state index in [-0.39, 0.29) is 11.9 Å². The average Bonchev–Trinajstić information content (AvgIpc) is 3.14. The maximum absolute atomic E-state index is 13.9. The van der Waals surface area contributed by atoms with Crippen LogP contribution < -0.4 is 4.90 Å². The van der Waals surface area contributed by atoms with Crippen molar-refractivity contribution in [2.24, 2.45) is 0 Å². The van der Waals surface area contributed by atoms with Crippen molar-refractivity contribution < 1.29 is 22.7 Å². The van der Waals surface area contributed by atoms with Crippen molar-refractivity contribution in [3.05, 3.63) is 59.7 Å². The lowest BCUT2D eigenvalue weighted by Gasteiger charge is -2.27. The second-order valence-electron chi connectivity index (χ2n) is 8.69. The molecule has 35 heavy (non-hydrogen) atoms. The van der Waals surface area contributed by atoms with Gasteiger partial charge in [-0.1, -0.05) is 30.3 Å². The molecule has 0 bridgehead atoms. The van der Waals surface area contributed by atoms with Crippen molar-refractivity contribution in [2.45, 2.75) is 38.7 Å². The number of carbonyl (C=O) groups excluding carboxylic acids is 1. The zero-order valence-corrected chi connectivity index (χ0v) is 19.2. The van der Waals surface area contributed by atoms with Crippen molar-refractivity contribution >= 4 is 11.7 Å². The number of alkyl halides is 3. The molecule has 4 heterocycles. The van der Waals surface area contributed by atoms with Gasteiger partial charge >= 0.3 is 6.18 Å². The summed E-state index contributed by atoms with van der Waals surface area (Å²) in [6.45, 7) is 4.79. The van der Waals surface area contributed by atoms with E-state index >= 15 is 0 Å². The number of benzene rings is 1. The van der Waals surface area contributed by atoms with Gasteiger partial charge < -0.3 is 14.5 Å². The molecule has 1 amide bonds. The molecule has 11 heteroatoms. The fraction of sp³-hybridized carbons (Fsp3) is 0.417. The van der Waals surface area contributed by atoms with Gasteiger partial charge in [0.05, 0.1) is 43.4 Å². The number of aromatic nitrogens is 4. The molecule has 0 radical (unpaired) electrons.